The summed E-state index contributed by atoms with van der Waals surface area (Å²) in [6, 6.07) is 2.19. The first-order chi connectivity index (χ1) is 6.57. The fraction of sp³-hybridized carbons (Fsp3) is 0.333. The molecule has 0 amide bonds. The average Bonchev–Trinajstić information content (AvgIpc) is 2.15. The van der Waals surface area contributed by atoms with Crippen molar-refractivity contribution in [3.8, 4) is 5.75 Å². The molecule has 0 spiro atoms. The van der Waals surface area contributed by atoms with E-state index < -0.39 is 11.9 Å². The quantitative estimate of drug-likeness (QED) is 0.420. The largest absolute Gasteiger partial charge is 0.505 e. The lowest BCUT2D eigenvalue weighted by atomic mass is 10.0. The predicted molar refractivity (Wildman–Crippen MR) is 53.1 cm³/mol. The van der Waals surface area contributed by atoms with Gasteiger partial charge in [0.25, 0.3) is 0 Å². The number of phenolic OH excluding ortho intramolecular Hbond substituents is 1. The fourth-order valence-corrected chi connectivity index (χ4v) is 1.23. The van der Waals surface area contributed by atoms with Crippen molar-refractivity contribution in [1.82, 2.24) is 0 Å². The Morgan fingerprint density at radius 1 is 1.43 bits per heavy atom. The van der Waals surface area contributed by atoms with Crippen molar-refractivity contribution in [1.29, 1.82) is 0 Å². The summed E-state index contributed by atoms with van der Waals surface area (Å²) >= 11 is 0. The molecule has 1 aromatic rings. The number of nitrogens with two attached hydrogens (primary N) is 3. The summed E-state index contributed by atoms with van der Waals surface area (Å²) < 4.78 is 12.9. The van der Waals surface area contributed by atoms with Gasteiger partial charge in [-0.3, -0.25) is 0 Å². The van der Waals surface area contributed by atoms with Gasteiger partial charge < -0.3 is 22.3 Å². The van der Waals surface area contributed by atoms with Crippen LogP contribution in [0.5, 0.6) is 5.75 Å². The van der Waals surface area contributed by atoms with Crippen molar-refractivity contribution in [2.24, 2.45) is 11.5 Å². The monoisotopic (exact) mass is 199 g/mol. The zero-order valence-corrected chi connectivity index (χ0v) is 7.70. The molecule has 0 aliphatic carbocycles. The Kier molecular flexibility index (Phi) is 3.27. The maximum atomic E-state index is 12.9. The normalized spacial score (nSPS) is 12.8. The Hall–Kier alpha value is -1.33. The van der Waals surface area contributed by atoms with E-state index in [9.17, 15) is 9.50 Å². The number of nitrogen functional groups attached to an aromatic ring is 1. The molecule has 0 saturated heterocycles. The standard InChI is InChI=1S/C9H14FN3O/c10-6-2-1-5(7(12)3-4-11)9(14)8(6)13/h1-2,7,14H,3-4,11-13H2/t7-/m0/s1. The topological polar surface area (TPSA) is 98.3 Å². The minimum absolute atomic E-state index is 0.269. The molecule has 1 atom stereocenters. The van der Waals surface area contributed by atoms with Crippen LogP contribution in [0.15, 0.2) is 12.1 Å². The van der Waals surface area contributed by atoms with Crippen LogP contribution in [-0.2, 0) is 0 Å². The van der Waals surface area contributed by atoms with Crippen LogP contribution in [0.25, 0.3) is 0 Å². The molecular weight excluding hydrogens is 185 g/mol. The molecule has 0 heterocycles. The molecule has 14 heavy (non-hydrogen) atoms. The molecule has 0 aromatic heterocycles. The molecule has 0 unspecified atom stereocenters. The number of rotatable bonds is 3. The molecule has 0 saturated carbocycles. The fourth-order valence-electron chi connectivity index (χ4n) is 1.23. The SMILES string of the molecule is NCC[C@H](N)c1ccc(F)c(N)c1O. The first-order valence-electron chi connectivity index (χ1n) is 4.30. The van der Waals surface area contributed by atoms with Crippen LogP contribution in [0.2, 0.25) is 0 Å². The number of aromatic hydroxyl groups is 1. The van der Waals surface area contributed by atoms with E-state index in [2.05, 4.69) is 0 Å². The van der Waals surface area contributed by atoms with Crippen molar-refractivity contribution in [2.45, 2.75) is 12.5 Å². The third kappa shape index (κ3) is 1.94. The second-order valence-corrected chi connectivity index (χ2v) is 3.08. The number of hydrogen-bond donors (Lipinski definition) is 4. The van der Waals surface area contributed by atoms with E-state index in [0.717, 1.165) is 0 Å². The summed E-state index contributed by atoms with van der Waals surface area (Å²) in [4.78, 5) is 0. The first kappa shape index (κ1) is 10.7. The average molecular weight is 199 g/mol. The van der Waals surface area contributed by atoms with Crippen molar-refractivity contribution in [2.75, 3.05) is 12.3 Å². The van der Waals surface area contributed by atoms with E-state index in [-0.39, 0.29) is 11.4 Å². The molecule has 5 heteroatoms. The molecule has 0 radical (unpaired) electrons. The van der Waals surface area contributed by atoms with Crippen molar-refractivity contribution in [3.63, 3.8) is 0 Å². The smallest absolute Gasteiger partial charge is 0.149 e. The zero-order chi connectivity index (χ0) is 10.7. The van der Waals surface area contributed by atoms with E-state index in [1.807, 2.05) is 0 Å². The number of hydrogen-bond acceptors (Lipinski definition) is 4. The van der Waals surface area contributed by atoms with Gasteiger partial charge in [-0.25, -0.2) is 4.39 Å². The van der Waals surface area contributed by atoms with E-state index in [0.29, 0.717) is 18.5 Å². The van der Waals surface area contributed by atoms with Crippen molar-refractivity contribution < 1.29 is 9.50 Å². The van der Waals surface area contributed by atoms with Crippen molar-refractivity contribution >= 4 is 5.69 Å². The number of anilines is 1. The summed E-state index contributed by atoms with van der Waals surface area (Å²) in [7, 11) is 0. The predicted octanol–water partition coefficient (Wildman–Crippen LogP) is 0.462. The number of benzene rings is 1. The third-order valence-corrected chi connectivity index (χ3v) is 2.07. The van der Waals surface area contributed by atoms with Crippen LogP contribution < -0.4 is 17.2 Å². The highest BCUT2D eigenvalue weighted by molar-refractivity contribution is 5.57. The van der Waals surface area contributed by atoms with Gasteiger partial charge in [0, 0.05) is 11.6 Å². The van der Waals surface area contributed by atoms with Gasteiger partial charge >= 0.3 is 0 Å². The lowest BCUT2D eigenvalue weighted by Crippen LogP contribution is -2.16. The molecule has 78 valence electrons. The lowest BCUT2D eigenvalue weighted by molar-refractivity contribution is 0.457. The summed E-state index contributed by atoms with van der Waals surface area (Å²) in [6.07, 6.45) is 0.513. The molecule has 1 rings (SSSR count). The third-order valence-electron chi connectivity index (χ3n) is 2.07. The van der Waals surface area contributed by atoms with Gasteiger partial charge in [0.15, 0.2) is 0 Å². The Bertz CT molecular complexity index is 330. The minimum atomic E-state index is -0.647. The van der Waals surface area contributed by atoms with E-state index >= 15 is 0 Å². The van der Waals surface area contributed by atoms with E-state index in [4.69, 9.17) is 17.2 Å². The maximum Gasteiger partial charge on any atom is 0.149 e. The Labute approximate surface area is 81.5 Å². The molecule has 0 bridgehead atoms. The van der Waals surface area contributed by atoms with Crippen LogP contribution in [0.4, 0.5) is 10.1 Å². The van der Waals surface area contributed by atoms with Crippen LogP contribution in [0.1, 0.15) is 18.0 Å². The van der Waals surface area contributed by atoms with Gasteiger partial charge in [-0.1, -0.05) is 6.07 Å². The second kappa shape index (κ2) is 4.26. The number of halogens is 1. The molecule has 0 aliphatic heterocycles. The summed E-state index contributed by atoms with van der Waals surface area (Å²) in [5.41, 5.74) is 16.5. The molecule has 7 N–H and O–H groups in total. The van der Waals surface area contributed by atoms with Gasteiger partial charge in [0.05, 0.1) is 0 Å². The Balaban J connectivity index is 3.04. The summed E-state index contributed by atoms with van der Waals surface area (Å²) in [6.45, 7) is 0.401. The molecule has 0 aliphatic rings. The molecule has 4 nitrogen and oxygen atoms in total. The van der Waals surface area contributed by atoms with Crippen LogP contribution in [0, 0.1) is 5.82 Å². The van der Waals surface area contributed by atoms with Gasteiger partial charge in [-0.05, 0) is 19.0 Å². The number of phenols is 1. The van der Waals surface area contributed by atoms with Gasteiger partial charge in [0.1, 0.15) is 17.3 Å². The van der Waals surface area contributed by atoms with Crippen LogP contribution in [-0.4, -0.2) is 11.7 Å². The zero-order valence-electron chi connectivity index (χ0n) is 7.70. The Morgan fingerprint density at radius 2 is 2.07 bits per heavy atom. The van der Waals surface area contributed by atoms with Crippen LogP contribution in [0.3, 0.4) is 0 Å². The van der Waals surface area contributed by atoms with E-state index in [1.165, 1.54) is 12.1 Å². The molecule has 1 aromatic carbocycles. The molecule has 0 fully saturated rings. The maximum absolute atomic E-state index is 12.9. The molecular formula is C9H14FN3O. The van der Waals surface area contributed by atoms with Gasteiger partial charge in [-0.2, -0.15) is 0 Å². The van der Waals surface area contributed by atoms with Gasteiger partial charge in [-0.15, -0.1) is 0 Å². The van der Waals surface area contributed by atoms with Gasteiger partial charge in [0.2, 0.25) is 0 Å². The summed E-state index contributed by atoms with van der Waals surface area (Å²) in [5.74, 6) is -0.933. The van der Waals surface area contributed by atoms with Crippen LogP contribution >= 0.6 is 0 Å². The lowest BCUT2D eigenvalue weighted by Gasteiger charge is -2.13. The Morgan fingerprint density at radius 3 is 2.64 bits per heavy atom. The highest BCUT2D eigenvalue weighted by atomic mass is 19.1. The summed E-state index contributed by atoms with van der Waals surface area (Å²) in [5, 5.41) is 9.49. The second-order valence-electron chi connectivity index (χ2n) is 3.08. The minimum Gasteiger partial charge on any atom is -0.505 e. The highest BCUT2D eigenvalue weighted by Gasteiger charge is 2.14. The van der Waals surface area contributed by atoms with Crippen molar-refractivity contribution in [3.05, 3.63) is 23.5 Å². The van der Waals surface area contributed by atoms with E-state index in [1.54, 1.807) is 0 Å². The highest BCUT2D eigenvalue weighted by Crippen LogP contribution is 2.31. The first-order valence-corrected chi connectivity index (χ1v) is 4.30.